The predicted molar refractivity (Wildman–Crippen MR) is 68.9 cm³/mol. The Morgan fingerprint density at radius 3 is 3.41 bits per heavy atom. The van der Waals surface area contributed by atoms with Crippen LogP contribution in [-0.2, 0) is 19.5 Å². The fraction of sp³-hybridized carbons (Fsp3) is 0.417. The van der Waals surface area contributed by atoms with Gasteiger partial charge in [0, 0.05) is 37.0 Å². The van der Waals surface area contributed by atoms with Gasteiger partial charge in [-0.1, -0.05) is 6.07 Å². The first-order chi connectivity index (χ1) is 8.42. The van der Waals surface area contributed by atoms with E-state index in [2.05, 4.69) is 38.1 Å². The maximum absolute atomic E-state index is 4.34. The van der Waals surface area contributed by atoms with Gasteiger partial charge in [-0.3, -0.25) is 0 Å². The molecule has 90 valence electrons. The van der Waals surface area contributed by atoms with Gasteiger partial charge in [-0.05, 0) is 11.4 Å². The number of aromatic nitrogens is 2. The molecule has 1 aliphatic heterocycles. The largest absolute Gasteiger partial charge is 0.347 e. The third-order valence-corrected chi connectivity index (χ3v) is 3.96. The molecule has 0 saturated heterocycles. The molecule has 0 amide bonds. The van der Waals surface area contributed by atoms with Gasteiger partial charge in [-0.2, -0.15) is 0 Å². The van der Waals surface area contributed by atoms with Crippen molar-refractivity contribution >= 4 is 11.3 Å². The Hall–Kier alpha value is -1.17. The number of hydrogen-bond donors (Lipinski definition) is 3. The van der Waals surface area contributed by atoms with Crippen LogP contribution in [0.25, 0.3) is 0 Å². The second-order valence-electron chi connectivity index (χ2n) is 4.32. The van der Waals surface area contributed by atoms with Gasteiger partial charge in [0.15, 0.2) is 0 Å². The van der Waals surface area contributed by atoms with Crippen LogP contribution in [0.15, 0.2) is 23.8 Å². The minimum atomic E-state index is 0.491. The lowest BCUT2D eigenvalue weighted by molar-refractivity contribution is 0.441. The highest BCUT2D eigenvalue weighted by atomic mass is 32.1. The summed E-state index contributed by atoms with van der Waals surface area (Å²) >= 11 is 1.80. The number of hydrogen-bond acceptors (Lipinski definition) is 4. The fourth-order valence-corrected chi connectivity index (χ4v) is 2.83. The molecule has 5 heteroatoms. The first-order valence-electron chi connectivity index (χ1n) is 5.89. The molecule has 0 aromatic carbocycles. The summed E-state index contributed by atoms with van der Waals surface area (Å²) in [6.07, 6.45) is 2.80. The summed E-state index contributed by atoms with van der Waals surface area (Å²) in [6, 6.07) is 4.75. The molecule has 0 bridgehead atoms. The van der Waals surface area contributed by atoms with Crippen molar-refractivity contribution in [3.63, 3.8) is 0 Å². The number of nitrogens with zero attached hydrogens (tertiary/aromatic N) is 1. The van der Waals surface area contributed by atoms with Crippen molar-refractivity contribution < 1.29 is 0 Å². The smallest absolute Gasteiger partial charge is 0.0925 e. The minimum absolute atomic E-state index is 0.491. The van der Waals surface area contributed by atoms with Gasteiger partial charge in [0.1, 0.15) is 0 Å². The van der Waals surface area contributed by atoms with Gasteiger partial charge >= 0.3 is 0 Å². The van der Waals surface area contributed by atoms with E-state index in [1.807, 2.05) is 0 Å². The van der Waals surface area contributed by atoms with Crippen molar-refractivity contribution in [3.8, 4) is 0 Å². The summed E-state index contributed by atoms with van der Waals surface area (Å²) in [5.74, 6) is 0. The fourth-order valence-electron chi connectivity index (χ4n) is 2.16. The Bertz CT molecular complexity index is 463. The molecule has 0 spiro atoms. The van der Waals surface area contributed by atoms with Crippen LogP contribution >= 0.6 is 11.3 Å². The average Bonchev–Trinajstić information content (AvgIpc) is 2.98. The zero-order valence-corrected chi connectivity index (χ0v) is 10.4. The van der Waals surface area contributed by atoms with E-state index in [1.54, 1.807) is 17.7 Å². The third kappa shape index (κ3) is 2.57. The van der Waals surface area contributed by atoms with Crippen LogP contribution in [0.3, 0.4) is 0 Å². The second kappa shape index (κ2) is 5.00. The topological polar surface area (TPSA) is 52.7 Å². The highest BCUT2D eigenvalue weighted by Gasteiger charge is 2.19. The lowest BCUT2D eigenvalue weighted by Crippen LogP contribution is -2.42. The maximum atomic E-state index is 4.34. The van der Waals surface area contributed by atoms with Gasteiger partial charge < -0.3 is 15.6 Å². The normalized spacial score (nSPS) is 19.2. The lowest BCUT2D eigenvalue weighted by Gasteiger charge is -2.23. The number of rotatable bonds is 4. The SMILES string of the molecule is c1csc(CNCC2Cc3nc[nH]c3CN2)c1. The van der Waals surface area contributed by atoms with Gasteiger partial charge in [0.25, 0.3) is 0 Å². The highest BCUT2D eigenvalue weighted by molar-refractivity contribution is 7.09. The van der Waals surface area contributed by atoms with Crippen LogP contribution < -0.4 is 10.6 Å². The van der Waals surface area contributed by atoms with Gasteiger partial charge in [-0.15, -0.1) is 11.3 Å². The van der Waals surface area contributed by atoms with E-state index in [1.165, 1.54) is 16.3 Å². The Labute approximate surface area is 104 Å². The summed E-state index contributed by atoms with van der Waals surface area (Å²) in [5.41, 5.74) is 2.45. The summed E-state index contributed by atoms with van der Waals surface area (Å²) in [7, 11) is 0. The molecule has 3 heterocycles. The van der Waals surface area contributed by atoms with Crippen LogP contribution in [0.2, 0.25) is 0 Å². The number of nitrogens with one attached hydrogen (secondary N) is 3. The molecule has 1 unspecified atom stereocenters. The van der Waals surface area contributed by atoms with Gasteiger partial charge in [0.05, 0.1) is 17.7 Å². The van der Waals surface area contributed by atoms with Crippen LogP contribution in [0.5, 0.6) is 0 Å². The van der Waals surface area contributed by atoms with E-state index in [0.29, 0.717) is 6.04 Å². The summed E-state index contributed by atoms with van der Waals surface area (Å²) in [5, 5.41) is 9.12. The lowest BCUT2D eigenvalue weighted by atomic mass is 10.1. The Morgan fingerprint density at radius 2 is 2.53 bits per heavy atom. The number of imidazole rings is 1. The first kappa shape index (κ1) is 11.0. The molecular weight excluding hydrogens is 232 g/mol. The van der Waals surface area contributed by atoms with Crippen molar-refractivity contribution in [1.82, 2.24) is 20.6 Å². The van der Waals surface area contributed by atoms with Gasteiger partial charge in [-0.25, -0.2) is 4.98 Å². The molecule has 4 nitrogen and oxygen atoms in total. The van der Waals surface area contributed by atoms with Crippen LogP contribution in [0.1, 0.15) is 16.3 Å². The van der Waals surface area contributed by atoms with Crippen LogP contribution in [0, 0.1) is 0 Å². The third-order valence-electron chi connectivity index (χ3n) is 3.08. The molecule has 1 aliphatic rings. The van der Waals surface area contributed by atoms with Gasteiger partial charge in [0.2, 0.25) is 0 Å². The molecule has 2 aromatic heterocycles. The molecular formula is C12H16N4S. The minimum Gasteiger partial charge on any atom is -0.347 e. The second-order valence-corrected chi connectivity index (χ2v) is 5.35. The summed E-state index contributed by atoms with van der Waals surface area (Å²) in [6.45, 7) is 2.86. The Balaban J connectivity index is 1.48. The first-order valence-corrected chi connectivity index (χ1v) is 6.77. The van der Waals surface area contributed by atoms with Crippen LogP contribution in [0.4, 0.5) is 0 Å². The molecule has 3 N–H and O–H groups in total. The van der Waals surface area contributed by atoms with Crippen molar-refractivity contribution in [1.29, 1.82) is 0 Å². The molecule has 1 atom stereocenters. The number of aromatic amines is 1. The zero-order valence-electron chi connectivity index (χ0n) is 9.57. The number of H-pyrrole nitrogens is 1. The van der Waals surface area contributed by atoms with E-state index < -0.39 is 0 Å². The van der Waals surface area contributed by atoms with Crippen molar-refractivity contribution in [2.75, 3.05) is 6.54 Å². The quantitative estimate of drug-likeness (QED) is 0.764. The summed E-state index contributed by atoms with van der Waals surface area (Å²) in [4.78, 5) is 8.90. The molecule has 17 heavy (non-hydrogen) atoms. The number of fused-ring (bicyclic) bond motifs is 1. The number of thiophene rings is 1. The molecule has 0 fully saturated rings. The van der Waals surface area contributed by atoms with E-state index in [4.69, 9.17) is 0 Å². The van der Waals surface area contributed by atoms with Crippen molar-refractivity contribution in [2.24, 2.45) is 0 Å². The molecule has 0 radical (unpaired) electrons. The molecule has 2 aromatic rings. The van der Waals surface area contributed by atoms with E-state index in [0.717, 1.165) is 26.1 Å². The standard InChI is InChI=1S/C12H16N4S/c1-2-10(17-3-1)6-13-5-9-4-11-12(7-14-9)16-8-15-11/h1-3,8-9,13-14H,4-7H2,(H,15,16). The Kier molecular flexibility index (Phi) is 3.22. The van der Waals surface area contributed by atoms with Crippen molar-refractivity contribution in [3.05, 3.63) is 40.1 Å². The molecule has 0 saturated carbocycles. The monoisotopic (exact) mass is 248 g/mol. The van der Waals surface area contributed by atoms with E-state index in [9.17, 15) is 0 Å². The van der Waals surface area contributed by atoms with Crippen LogP contribution in [-0.4, -0.2) is 22.6 Å². The highest BCUT2D eigenvalue weighted by Crippen LogP contribution is 2.12. The van der Waals surface area contributed by atoms with E-state index >= 15 is 0 Å². The summed E-state index contributed by atoms with van der Waals surface area (Å²) < 4.78 is 0. The zero-order chi connectivity index (χ0) is 11.5. The molecule has 0 aliphatic carbocycles. The maximum Gasteiger partial charge on any atom is 0.0925 e. The van der Waals surface area contributed by atoms with Crippen molar-refractivity contribution in [2.45, 2.75) is 25.6 Å². The predicted octanol–water partition coefficient (Wildman–Crippen LogP) is 1.28. The average molecular weight is 248 g/mol. The Morgan fingerprint density at radius 1 is 1.53 bits per heavy atom. The van der Waals surface area contributed by atoms with E-state index in [-0.39, 0.29) is 0 Å². The molecule has 3 rings (SSSR count).